The van der Waals surface area contributed by atoms with Crippen LogP contribution in [0.15, 0.2) is 48.8 Å². The molecule has 1 aliphatic heterocycles. The molecule has 1 aliphatic rings. The Morgan fingerprint density at radius 3 is 2.71 bits per heavy atom. The van der Waals surface area contributed by atoms with Crippen LogP contribution in [0.3, 0.4) is 0 Å². The van der Waals surface area contributed by atoms with Crippen LogP contribution in [0.25, 0.3) is 16.9 Å². The number of amides is 1. The molecule has 0 unspecified atom stereocenters. The van der Waals surface area contributed by atoms with Gasteiger partial charge < -0.3 is 4.90 Å². The van der Waals surface area contributed by atoms with E-state index in [1.54, 1.807) is 0 Å². The van der Waals surface area contributed by atoms with Crippen LogP contribution >= 0.6 is 11.6 Å². The van der Waals surface area contributed by atoms with Crippen LogP contribution in [-0.2, 0) is 0 Å². The van der Waals surface area contributed by atoms with Crippen LogP contribution < -0.4 is 0 Å². The molecule has 0 spiro atoms. The number of nitrogens with zero attached hydrogens (tertiary/aromatic N) is 3. The molecular weight excluding hydrogens is 322 g/mol. The van der Waals surface area contributed by atoms with Crippen molar-refractivity contribution in [2.45, 2.75) is 19.3 Å². The Kier molecular flexibility index (Phi) is 3.98. The minimum Gasteiger partial charge on any atom is -0.339 e. The minimum atomic E-state index is 0.101. The first kappa shape index (κ1) is 15.2. The third-order valence-corrected chi connectivity index (χ3v) is 4.76. The SMILES string of the molecule is O=C(c1ccn2c(-c3cccc(Cl)c3)cnc2c1)N1CCCCC1. The fourth-order valence-electron chi connectivity index (χ4n) is 3.25. The molecule has 0 bridgehead atoms. The second-order valence-electron chi connectivity index (χ2n) is 6.15. The number of benzene rings is 1. The Bertz CT molecular complexity index is 897. The first-order chi connectivity index (χ1) is 11.7. The van der Waals surface area contributed by atoms with E-state index in [1.165, 1.54) is 6.42 Å². The van der Waals surface area contributed by atoms with Crippen molar-refractivity contribution < 1.29 is 4.79 Å². The highest BCUT2D eigenvalue weighted by Crippen LogP contribution is 2.24. The lowest BCUT2D eigenvalue weighted by Crippen LogP contribution is -2.35. The van der Waals surface area contributed by atoms with Gasteiger partial charge in [-0.15, -0.1) is 0 Å². The Labute approximate surface area is 145 Å². The molecule has 5 heteroatoms. The van der Waals surface area contributed by atoms with Crippen molar-refractivity contribution >= 4 is 23.2 Å². The van der Waals surface area contributed by atoms with E-state index >= 15 is 0 Å². The predicted octanol–water partition coefficient (Wildman–Crippen LogP) is 4.28. The summed E-state index contributed by atoms with van der Waals surface area (Å²) in [6, 6.07) is 11.4. The van der Waals surface area contributed by atoms with E-state index in [9.17, 15) is 4.79 Å². The van der Waals surface area contributed by atoms with E-state index in [1.807, 2.05) is 58.1 Å². The average Bonchev–Trinajstić information content (AvgIpc) is 3.05. The Balaban J connectivity index is 1.69. The standard InChI is InChI=1S/C19H18ClN3O/c20-16-6-4-5-14(11-16)17-13-21-18-12-15(7-10-23(17)18)19(24)22-8-2-1-3-9-22/h4-7,10-13H,1-3,8-9H2. The Morgan fingerprint density at radius 1 is 1.08 bits per heavy atom. The molecule has 1 saturated heterocycles. The third-order valence-electron chi connectivity index (χ3n) is 4.52. The number of aromatic nitrogens is 2. The van der Waals surface area contributed by atoms with Crippen LogP contribution in [0.4, 0.5) is 0 Å². The number of carbonyl (C=O) groups is 1. The molecule has 3 heterocycles. The molecule has 2 aromatic heterocycles. The van der Waals surface area contributed by atoms with E-state index in [0.29, 0.717) is 10.6 Å². The van der Waals surface area contributed by atoms with Gasteiger partial charge in [0.2, 0.25) is 0 Å². The van der Waals surface area contributed by atoms with E-state index in [0.717, 1.165) is 42.8 Å². The highest BCUT2D eigenvalue weighted by molar-refractivity contribution is 6.30. The molecule has 1 amide bonds. The van der Waals surface area contributed by atoms with Gasteiger partial charge in [0.25, 0.3) is 5.91 Å². The van der Waals surface area contributed by atoms with E-state index in [-0.39, 0.29) is 5.91 Å². The van der Waals surface area contributed by atoms with Crippen molar-refractivity contribution in [1.29, 1.82) is 0 Å². The van der Waals surface area contributed by atoms with Crippen LogP contribution in [0.2, 0.25) is 5.02 Å². The number of likely N-dealkylation sites (tertiary alicyclic amines) is 1. The summed E-state index contributed by atoms with van der Waals surface area (Å²) in [5.41, 5.74) is 3.44. The smallest absolute Gasteiger partial charge is 0.254 e. The molecule has 4 rings (SSSR count). The summed E-state index contributed by atoms with van der Waals surface area (Å²) in [6.45, 7) is 1.71. The molecule has 1 fully saturated rings. The Hall–Kier alpha value is -2.33. The van der Waals surface area contributed by atoms with Crippen molar-refractivity contribution in [1.82, 2.24) is 14.3 Å². The lowest BCUT2D eigenvalue weighted by molar-refractivity contribution is 0.0724. The third kappa shape index (κ3) is 2.78. The number of carbonyl (C=O) groups excluding carboxylic acids is 1. The highest BCUT2D eigenvalue weighted by Gasteiger charge is 2.19. The van der Waals surface area contributed by atoms with Crippen molar-refractivity contribution in [2.24, 2.45) is 0 Å². The van der Waals surface area contributed by atoms with Gasteiger partial charge in [-0.25, -0.2) is 4.98 Å². The van der Waals surface area contributed by atoms with Crippen LogP contribution in [-0.4, -0.2) is 33.3 Å². The second-order valence-corrected chi connectivity index (χ2v) is 6.59. The molecule has 0 N–H and O–H groups in total. The number of halogens is 1. The maximum absolute atomic E-state index is 12.6. The van der Waals surface area contributed by atoms with Crippen LogP contribution in [0, 0.1) is 0 Å². The van der Waals surface area contributed by atoms with Crippen molar-refractivity contribution in [3.63, 3.8) is 0 Å². The van der Waals surface area contributed by atoms with Crippen molar-refractivity contribution in [2.75, 3.05) is 13.1 Å². The largest absolute Gasteiger partial charge is 0.339 e. The van der Waals surface area contributed by atoms with E-state index in [4.69, 9.17) is 11.6 Å². The number of pyridine rings is 1. The lowest BCUT2D eigenvalue weighted by atomic mass is 10.1. The zero-order chi connectivity index (χ0) is 16.5. The van der Waals surface area contributed by atoms with Gasteiger partial charge in [-0.05, 0) is 43.5 Å². The Morgan fingerprint density at radius 2 is 1.92 bits per heavy atom. The molecule has 0 radical (unpaired) electrons. The summed E-state index contributed by atoms with van der Waals surface area (Å²) in [4.78, 5) is 19.0. The monoisotopic (exact) mass is 339 g/mol. The van der Waals surface area contributed by atoms with Crippen LogP contribution in [0.1, 0.15) is 29.6 Å². The summed E-state index contributed by atoms with van der Waals surface area (Å²) in [5.74, 6) is 0.101. The lowest BCUT2D eigenvalue weighted by Gasteiger charge is -2.26. The zero-order valence-electron chi connectivity index (χ0n) is 13.3. The fraction of sp³-hybridized carbons (Fsp3) is 0.263. The summed E-state index contributed by atoms with van der Waals surface area (Å²) < 4.78 is 1.98. The summed E-state index contributed by atoms with van der Waals surface area (Å²) in [5, 5.41) is 0.694. The van der Waals surface area contributed by atoms with Gasteiger partial charge in [0.15, 0.2) is 0 Å². The second kappa shape index (κ2) is 6.29. The maximum Gasteiger partial charge on any atom is 0.254 e. The molecule has 0 aliphatic carbocycles. The summed E-state index contributed by atoms with van der Waals surface area (Å²) in [6.07, 6.45) is 7.13. The molecule has 3 aromatic rings. The van der Waals surface area contributed by atoms with Crippen molar-refractivity contribution in [3.05, 3.63) is 59.4 Å². The average molecular weight is 340 g/mol. The summed E-state index contributed by atoms with van der Waals surface area (Å²) in [7, 11) is 0. The molecule has 24 heavy (non-hydrogen) atoms. The minimum absolute atomic E-state index is 0.101. The normalized spacial score (nSPS) is 15.0. The van der Waals surface area contributed by atoms with Gasteiger partial charge in [-0.3, -0.25) is 9.20 Å². The quantitative estimate of drug-likeness (QED) is 0.698. The number of fused-ring (bicyclic) bond motifs is 1. The van der Waals surface area contributed by atoms with Gasteiger partial charge in [0.05, 0.1) is 11.9 Å². The molecule has 1 aromatic carbocycles. The van der Waals surface area contributed by atoms with E-state index in [2.05, 4.69) is 4.98 Å². The van der Waals surface area contributed by atoms with Gasteiger partial charge in [-0.1, -0.05) is 23.7 Å². The summed E-state index contributed by atoms with van der Waals surface area (Å²) >= 11 is 6.09. The first-order valence-electron chi connectivity index (χ1n) is 8.25. The molecule has 4 nitrogen and oxygen atoms in total. The fourth-order valence-corrected chi connectivity index (χ4v) is 3.44. The first-order valence-corrected chi connectivity index (χ1v) is 8.62. The number of imidazole rings is 1. The number of hydrogen-bond acceptors (Lipinski definition) is 2. The van der Waals surface area contributed by atoms with Gasteiger partial charge in [0, 0.05) is 35.4 Å². The van der Waals surface area contributed by atoms with Crippen LogP contribution in [0.5, 0.6) is 0 Å². The van der Waals surface area contributed by atoms with Gasteiger partial charge in [0.1, 0.15) is 5.65 Å². The van der Waals surface area contributed by atoms with E-state index < -0.39 is 0 Å². The molecule has 0 atom stereocenters. The molecule has 122 valence electrons. The van der Waals surface area contributed by atoms with Gasteiger partial charge >= 0.3 is 0 Å². The number of rotatable bonds is 2. The predicted molar refractivity (Wildman–Crippen MR) is 95.4 cm³/mol. The highest BCUT2D eigenvalue weighted by atomic mass is 35.5. The molecular formula is C19H18ClN3O. The number of piperidine rings is 1. The maximum atomic E-state index is 12.6. The number of hydrogen-bond donors (Lipinski definition) is 0. The molecule has 0 saturated carbocycles. The topological polar surface area (TPSA) is 37.6 Å². The van der Waals surface area contributed by atoms with Crippen molar-refractivity contribution in [3.8, 4) is 11.3 Å². The zero-order valence-corrected chi connectivity index (χ0v) is 14.0. The van der Waals surface area contributed by atoms with Gasteiger partial charge in [-0.2, -0.15) is 0 Å².